The lowest BCUT2D eigenvalue weighted by Crippen LogP contribution is -2.48. The van der Waals surface area contributed by atoms with E-state index in [1.807, 2.05) is 37.3 Å². The number of carbonyl (C=O) groups is 1. The van der Waals surface area contributed by atoms with E-state index in [1.165, 1.54) is 0 Å². The largest absolute Gasteiger partial charge is 0.353 e. The van der Waals surface area contributed by atoms with Crippen molar-refractivity contribution in [3.05, 3.63) is 35.9 Å². The zero-order chi connectivity index (χ0) is 16.1. The van der Waals surface area contributed by atoms with Gasteiger partial charge in [-0.25, -0.2) is 0 Å². The highest BCUT2D eigenvalue weighted by atomic mass is 16.2. The Morgan fingerprint density at radius 3 is 2.32 bits per heavy atom. The zero-order valence-corrected chi connectivity index (χ0v) is 14.0. The second kappa shape index (κ2) is 7.75. The molecule has 1 aromatic rings. The molecule has 4 heteroatoms. The molecule has 2 unspecified atom stereocenters. The van der Waals surface area contributed by atoms with Gasteiger partial charge in [-0.15, -0.1) is 0 Å². The number of nitrogens with one attached hydrogen (secondary N) is 1. The molecule has 22 heavy (non-hydrogen) atoms. The third-order valence-corrected chi connectivity index (χ3v) is 4.74. The van der Waals surface area contributed by atoms with Gasteiger partial charge in [0.25, 0.3) is 0 Å². The number of nitrogens with two attached hydrogens (primary N) is 1. The summed E-state index contributed by atoms with van der Waals surface area (Å²) in [5.41, 5.74) is 7.25. The molecule has 0 bridgehead atoms. The monoisotopic (exact) mass is 303 g/mol. The molecule has 122 valence electrons. The number of amides is 1. The number of likely N-dealkylation sites (tertiary alicyclic amines) is 1. The standard InChI is InChI=1S/C18H29N3O/c1-13(2)21-11-9-16(10-12-21)20-18(22)14(3)17(19)15-7-5-4-6-8-15/h4-8,13-14,16-17H,9-12,19H2,1-3H3,(H,20,22). The first-order valence-electron chi connectivity index (χ1n) is 8.34. The van der Waals surface area contributed by atoms with Crippen LogP contribution in [0.1, 0.15) is 45.2 Å². The Kier molecular flexibility index (Phi) is 5.98. The lowest BCUT2D eigenvalue weighted by Gasteiger charge is -2.35. The minimum atomic E-state index is -0.253. The van der Waals surface area contributed by atoms with E-state index in [-0.39, 0.29) is 23.9 Å². The average Bonchev–Trinajstić information content (AvgIpc) is 2.54. The summed E-state index contributed by atoms with van der Waals surface area (Å²) in [6.45, 7) is 8.47. The van der Waals surface area contributed by atoms with Crippen LogP contribution in [0.4, 0.5) is 0 Å². The second-order valence-corrected chi connectivity index (χ2v) is 6.64. The summed E-state index contributed by atoms with van der Waals surface area (Å²) < 4.78 is 0. The Labute approximate surface area is 134 Å². The van der Waals surface area contributed by atoms with Gasteiger partial charge in [0.2, 0.25) is 5.91 Å². The molecule has 2 rings (SSSR count). The molecule has 3 N–H and O–H groups in total. The van der Waals surface area contributed by atoms with Gasteiger partial charge in [0.05, 0.1) is 5.92 Å². The summed E-state index contributed by atoms with van der Waals surface area (Å²) in [4.78, 5) is 14.9. The van der Waals surface area contributed by atoms with Gasteiger partial charge in [-0.2, -0.15) is 0 Å². The minimum Gasteiger partial charge on any atom is -0.353 e. The van der Waals surface area contributed by atoms with E-state index in [0.717, 1.165) is 31.5 Å². The first kappa shape index (κ1) is 17.0. The highest BCUT2D eigenvalue weighted by Crippen LogP contribution is 2.20. The summed E-state index contributed by atoms with van der Waals surface area (Å²) in [7, 11) is 0. The van der Waals surface area contributed by atoms with Crippen LogP contribution in [-0.4, -0.2) is 36.0 Å². The van der Waals surface area contributed by atoms with Gasteiger partial charge in [-0.05, 0) is 32.3 Å². The number of hydrogen-bond acceptors (Lipinski definition) is 3. The SMILES string of the molecule is CC(C(=O)NC1CCN(C(C)C)CC1)C(N)c1ccccc1. The van der Waals surface area contributed by atoms with Crippen molar-refractivity contribution in [1.29, 1.82) is 0 Å². The topological polar surface area (TPSA) is 58.4 Å². The van der Waals surface area contributed by atoms with Crippen LogP contribution in [0.3, 0.4) is 0 Å². The van der Waals surface area contributed by atoms with Crippen LogP contribution in [-0.2, 0) is 4.79 Å². The van der Waals surface area contributed by atoms with Crippen LogP contribution >= 0.6 is 0 Å². The van der Waals surface area contributed by atoms with Crippen LogP contribution in [0.25, 0.3) is 0 Å². The predicted molar refractivity (Wildman–Crippen MR) is 90.4 cm³/mol. The van der Waals surface area contributed by atoms with E-state index >= 15 is 0 Å². The lowest BCUT2D eigenvalue weighted by molar-refractivity contribution is -0.126. The Hall–Kier alpha value is -1.39. The van der Waals surface area contributed by atoms with E-state index in [4.69, 9.17) is 5.73 Å². The Bertz CT molecular complexity index is 466. The van der Waals surface area contributed by atoms with E-state index < -0.39 is 0 Å². The van der Waals surface area contributed by atoms with Crippen LogP contribution in [0.15, 0.2) is 30.3 Å². The Morgan fingerprint density at radius 1 is 1.18 bits per heavy atom. The Balaban J connectivity index is 1.84. The molecule has 1 aliphatic rings. The van der Waals surface area contributed by atoms with E-state index in [2.05, 4.69) is 24.1 Å². The fourth-order valence-corrected chi connectivity index (χ4v) is 3.02. The number of rotatable bonds is 5. The molecule has 1 aromatic carbocycles. The van der Waals surface area contributed by atoms with Gasteiger partial charge in [-0.1, -0.05) is 37.3 Å². The molecule has 0 radical (unpaired) electrons. The molecule has 1 heterocycles. The summed E-state index contributed by atoms with van der Waals surface area (Å²) in [6, 6.07) is 10.5. The number of carbonyl (C=O) groups excluding carboxylic acids is 1. The van der Waals surface area contributed by atoms with Crippen molar-refractivity contribution >= 4 is 5.91 Å². The second-order valence-electron chi connectivity index (χ2n) is 6.64. The van der Waals surface area contributed by atoms with E-state index in [1.54, 1.807) is 0 Å². The smallest absolute Gasteiger partial charge is 0.224 e. The first-order chi connectivity index (χ1) is 10.5. The summed E-state index contributed by atoms with van der Waals surface area (Å²) in [5, 5.41) is 3.18. The highest BCUT2D eigenvalue weighted by Gasteiger charge is 2.26. The fourth-order valence-electron chi connectivity index (χ4n) is 3.02. The third kappa shape index (κ3) is 4.31. The van der Waals surface area contributed by atoms with Crippen LogP contribution in [0, 0.1) is 5.92 Å². The van der Waals surface area contributed by atoms with Crippen molar-refractivity contribution in [2.45, 2.75) is 51.7 Å². The minimum absolute atomic E-state index is 0.0688. The number of benzene rings is 1. The number of nitrogens with zero attached hydrogens (tertiary/aromatic N) is 1. The molecule has 1 aliphatic heterocycles. The van der Waals surface area contributed by atoms with E-state index in [9.17, 15) is 4.79 Å². The molecular weight excluding hydrogens is 274 g/mol. The molecule has 0 aliphatic carbocycles. The van der Waals surface area contributed by atoms with Crippen molar-refractivity contribution < 1.29 is 4.79 Å². The number of piperidine rings is 1. The van der Waals surface area contributed by atoms with Gasteiger partial charge < -0.3 is 16.0 Å². The maximum Gasteiger partial charge on any atom is 0.224 e. The summed E-state index contributed by atoms with van der Waals surface area (Å²) >= 11 is 0. The summed E-state index contributed by atoms with van der Waals surface area (Å²) in [6.07, 6.45) is 2.05. The van der Waals surface area contributed by atoms with Crippen molar-refractivity contribution in [2.75, 3.05) is 13.1 Å². The third-order valence-electron chi connectivity index (χ3n) is 4.74. The van der Waals surface area contributed by atoms with Crippen molar-refractivity contribution in [3.8, 4) is 0 Å². The molecule has 0 spiro atoms. The predicted octanol–water partition coefficient (Wildman–Crippen LogP) is 2.31. The lowest BCUT2D eigenvalue weighted by atomic mass is 9.93. The highest BCUT2D eigenvalue weighted by molar-refractivity contribution is 5.79. The molecule has 0 saturated carbocycles. The first-order valence-corrected chi connectivity index (χ1v) is 8.34. The zero-order valence-electron chi connectivity index (χ0n) is 14.0. The van der Waals surface area contributed by atoms with Crippen molar-refractivity contribution in [1.82, 2.24) is 10.2 Å². The molecule has 2 atom stereocenters. The molecular formula is C18H29N3O. The molecule has 1 amide bonds. The number of hydrogen-bond donors (Lipinski definition) is 2. The van der Waals surface area contributed by atoms with E-state index in [0.29, 0.717) is 6.04 Å². The molecule has 4 nitrogen and oxygen atoms in total. The van der Waals surface area contributed by atoms with Gasteiger partial charge in [0.15, 0.2) is 0 Å². The molecule has 0 aromatic heterocycles. The normalized spacial score (nSPS) is 19.9. The average molecular weight is 303 g/mol. The fraction of sp³-hybridized carbons (Fsp3) is 0.611. The summed E-state index contributed by atoms with van der Waals surface area (Å²) in [5.74, 6) is -0.148. The molecule has 1 fully saturated rings. The maximum absolute atomic E-state index is 12.4. The van der Waals surface area contributed by atoms with Crippen molar-refractivity contribution in [2.24, 2.45) is 11.7 Å². The van der Waals surface area contributed by atoms with Gasteiger partial charge in [-0.3, -0.25) is 4.79 Å². The maximum atomic E-state index is 12.4. The van der Waals surface area contributed by atoms with Gasteiger partial charge in [0.1, 0.15) is 0 Å². The van der Waals surface area contributed by atoms with Gasteiger partial charge in [0, 0.05) is 31.2 Å². The quantitative estimate of drug-likeness (QED) is 0.877. The van der Waals surface area contributed by atoms with Crippen LogP contribution < -0.4 is 11.1 Å². The molecule has 1 saturated heterocycles. The van der Waals surface area contributed by atoms with Crippen LogP contribution in [0.5, 0.6) is 0 Å². The van der Waals surface area contributed by atoms with Gasteiger partial charge >= 0.3 is 0 Å². The Morgan fingerprint density at radius 2 is 1.77 bits per heavy atom. The van der Waals surface area contributed by atoms with Crippen molar-refractivity contribution in [3.63, 3.8) is 0 Å². The van der Waals surface area contributed by atoms with Crippen LogP contribution in [0.2, 0.25) is 0 Å².